The Balaban J connectivity index is 2.13. The quantitative estimate of drug-likeness (QED) is 0.680. The first-order valence-corrected chi connectivity index (χ1v) is 7.10. The lowest BCUT2D eigenvalue weighted by atomic mass is 9.67. The van der Waals surface area contributed by atoms with E-state index in [4.69, 9.17) is 9.47 Å². The van der Waals surface area contributed by atoms with Gasteiger partial charge < -0.3 is 9.47 Å². The largest absolute Gasteiger partial charge is 0.350 e. The summed E-state index contributed by atoms with van der Waals surface area (Å²) >= 11 is 0. The SMILES string of the molecule is CCOC1(OCC)CCC[C@@H]2CCCC[C@@H]21. The van der Waals surface area contributed by atoms with Crippen LogP contribution in [0.5, 0.6) is 0 Å². The molecule has 2 saturated carbocycles. The highest BCUT2D eigenvalue weighted by Gasteiger charge is 2.47. The molecule has 2 atom stereocenters. The number of ether oxygens (including phenoxy) is 2. The molecular formula is C14H26O2. The van der Waals surface area contributed by atoms with Gasteiger partial charge in [0.1, 0.15) is 0 Å². The molecule has 2 fully saturated rings. The minimum Gasteiger partial charge on any atom is -0.350 e. The first-order valence-electron chi connectivity index (χ1n) is 7.10. The molecule has 0 aromatic heterocycles. The van der Waals surface area contributed by atoms with Crippen molar-refractivity contribution in [1.82, 2.24) is 0 Å². The van der Waals surface area contributed by atoms with E-state index in [9.17, 15) is 0 Å². The van der Waals surface area contributed by atoms with E-state index in [0.717, 1.165) is 25.6 Å². The van der Waals surface area contributed by atoms with Gasteiger partial charge in [0.2, 0.25) is 0 Å². The molecule has 2 aliphatic rings. The van der Waals surface area contributed by atoms with Gasteiger partial charge in [-0.1, -0.05) is 12.8 Å². The molecule has 0 unspecified atom stereocenters. The van der Waals surface area contributed by atoms with Crippen molar-refractivity contribution in [1.29, 1.82) is 0 Å². The van der Waals surface area contributed by atoms with Crippen molar-refractivity contribution >= 4 is 0 Å². The molecule has 0 spiro atoms. The van der Waals surface area contributed by atoms with Crippen molar-refractivity contribution in [3.8, 4) is 0 Å². The first kappa shape index (κ1) is 12.4. The maximum atomic E-state index is 6.06. The van der Waals surface area contributed by atoms with E-state index in [-0.39, 0.29) is 5.79 Å². The third-order valence-electron chi connectivity index (χ3n) is 4.35. The summed E-state index contributed by atoms with van der Waals surface area (Å²) < 4.78 is 12.1. The van der Waals surface area contributed by atoms with Crippen molar-refractivity contribution in [3.63, 3.8) is 0 Å². The summed E-state index contributed by atoms with van der Waals surface area (Å²) in [6, 6.07) is 0. The Labute approximate surface area is 99.7 Å². The van der Waals surface area contributed by atoms with Gasteiger partial charge in [-0.05, 0) is 45.4 Å². The fourth-order valence-electron chi connectivity index (χ4n) is 3.82. The Kier molecular flexibility index (Phi) is 4.26. The van der Waals surface area contributed by atoms with Crippen LogP contribution < -0.4 is 0 Å². The van der Waals surface area contributed by atoms with Crippen molar-refractivity contribution in [3.05, 3.63) is 0 Å². The molecule has 0 aliphatic heterocycles. The van der Waals surface area contributed by atoms with Crippen LogP contribution in [0.4, 0.5) is 0 Å². The summed E-state index contributed by atoms with van der Waals surface area (Å²) in [5.74, 6) is 1.29. The summed E-state index contributed by atoms with van der Waals surface area (Å²) in [6.45, 7) is 5.74. The second-order valence-corrected chi connectivity index (χ2v) is 5.22. The Bertz CT molecular complexity index is 201. The molecule has 0 aromatic carbocycles. The van der Waals surface area contributed by atoms with E-state index in [1.807, 2.05) is 0 Å². The standard InChI is InChI=1S/C14H26O2/c1-3-15-14(16-4-2)11-7-9-12-8-5-6-10-13(12)14/h12-13H,3-11H2,1-2H3/t12-,13-/m0/s1. The zero-order valence-corrected chi connectivity index (χ0v) is 10.8. The van der Waals surface area contributed by atoms with Crippen molar-refractivity contribution in [2.45, 2.75) is 64.6 Å². The van der Waals surface area contributed by atoms with Gasteiger partial charge in [0.05, 0.1) is 0 Å². The van der Waals surface area contributed by atoms with Crippen molar-refractivity contribution < 1.29 is 9.47 Å². The predicted molar refractivity (Wildman–Crippen MR) is 65.3 cm³/mol. The van der Waals surface area contributed by atoms with Gasteiger partial charge in [-0.2, -0.15) is 0 Å². The van der Waals surface area contributed by atoms with Gasteiger partial charge >= 0.3 is 0 Å². The molecule has 0 bridgehead atoms. The Hall–Kier alpha value is -0.0800. The maximum Gasteiger partial charge on any atom is 0.171 e. The van der Waals surface area contributed by atoms with Gasteiger partial charge in [-0.15, -0.1) is 0 Å². The molecule has 0 N–H and O–H groups in total. The van der Waals surface area contributed by atoms with Crippen LogP contribution in [0.3, 0.4) is 0 Å². The van der Waals surface area contributed by atoms with Gasteiger partial charge in [-0.3, -0.25) is 0 Å². The minimum atomic E-state index is -0.229. The van der Waals surface area contributed by atoms with Crippen LogP contribution in [0, 0.1) is 11.8 Å². The van der Waals surface area contributed by atoms with E-state index in [1.165, 1.54) is 38.5 Å². The summed E-state index contributed by atoms with van der Waals surface area (Å²) in [5.41, 5.74) is 0. The topological polar surface area (TPSA) is 18.5 Å². The monoisotopic (exact) mass is 226 g/mol. The highest BCUT2D eigenvalue weighted by atomic mass is 16.7. The fourth-order valence-corrected chi connectivity index (χ4v) is 3.82. The molecular weight excluding hydrogens is 200 g/mol. The smallest absolute Gasteiger partial charge is 0.171 e. The van der Waals surface area contributed by atoms with Crippen LogP contribution >= 0.6 is 0 Å². The Morgan fingerprint density at radius 1 is 0.938 bits per heavy atom. The first-order chi connectivity index (χ1) is 7.82. The van der Waals surface area contributed by atoms with Crippen LogP contribution in [0.15, 0.2) is 0 Å². The molecule has 0 amide bonds. The fraction of sp³-hybridized carbons (Fsp3) is 1.00. The number of rotatable bonds is 4. The van der Waals surface area contributed by atoms with Crippen LogP contribution in [0.1, 0.15) is 58.8 Å². The second-order valence-electron chi connectivity index (χ2n) is 5.22. The average molecular weight is 226 g/mol. The molecule has 0 heterocycles. The van der Waals surface area contributed by atoms with Crippen LogP contribution in [-0.2, 0) is 9.47 Å². The Morgan fingerprint density at radius 3 is 2.25 bits per heavy atom. The lowest BCUT2D eigenvalue weighted by Crippen LogP contribution is -2.50. The molecule has 2 heteroatoms. The van der Waals surface area contributed by atoms with Crippen LogP contribution in [-0.4, -0.2) is 19.0 Å². The molecule has 0 radical (unpaired) electrons. The Morgan fingerprint density at radius 2 is 1.56 bits per heavy atom. The molecule has 0 aromatic rings. The number of hydrogen-bond acceptors (Lipinski definition) is 2. The van der Waals surface area contributed by atoms with E-state index in [2.05, 4.69) is 13.8 Å². The minimum absolute atomic E-state index is 0.229. The highest BCUT2D eigenvalue weighted by Crippen LogP contribution is 2.48. The van der Waals surface area contributed by atoms with Crippen molar-refractivity contribution in [2.75, 3.05) is 13.2 Å². The van der Waals surface area contributed by atoms with Gasteiger partial charge in [-0.25, -0.2) is 0 Å². The normalized spacial score (nSPS) is 33.4. The van der Waals surface area contributed by atoms with E-state index >= 15 is 0 Å². The molecule has 16 heavy (non-hydrogen) atoms. The molecule has 2 nitrogen and oxygen atoms in total. The summed E-state index contributed by atoms with van der Waals surface area (Å²) in [4.78, 5) is 0. The molecule has 94 valence electrons. The average Bonchev–Trinajstić information content (AvgIpc) is 2.30. The van der Waals surface area contributed by atoms with Gasteiger partial charge in [0.25, 0.3) is 0 Å². The van der Waals surface area contributed by atoms with Crippen LogP contribution in [0.2, 0.25) is 0 Å². The van der Waals surface area contributed by atoms with Gasteiger partial charge in [0, 0.05) is 25.6 Å². The van der Waals surface area contributed by atoms with E-state index < -0.39 is 0 Å². The highest BCUT2D eigenvalue weighted by molar-refractivity contribution is 4.91. The van der Waals surface area contributed by atoms with Crippen LogP contribution in [0.25, 0.3) is 0 Å². The third kappa shape index (κ3) is 2.28. The molecule has 0 saturated heterocycles. The predicted octanol–water partition coefficient (Wildman–Crippen LogP) is 3.75. The number of fused-ring (bicyclic) bond motifs is 1. The lowest BCUT2D eigenvalue weighted by Gasteiger charge is -2.49. The lowest BCUT2D eigenvalue weighted by molar-refractivity contribution is -0.291. The van der Waals surface area contributed by atoms with Gasteiger partial charge in [0.15, 0.2) is 5.79 Å². The number of hydrogen-bond donors (Lipinski definition) is 0. The summed E-state index contributed by atoms with van der Waals surface area (Å²) in [6.07, 6.45) is 9.26. The maximum absolute atomic E-state index is 6.06. The van der Waals surface area contributed by atoms with E-state index in [0.29, 0.717) is 5.92 Å². The zero-order chi connectivity index (χ0) is 11.4. The zero-order valence-electron chi connectivity index (χ0n) is 10.8. The van der Waals surface area contributed by atoms with Crippen molar-refractivity contribution in [2.24, 2.45) is 11.8 Å². The summed E-state index contributed by atoms with van der Waals surface area (Å²) in [5, 5.41) is 0. The second kappa shape index (κ2) is 5.50. The third-order valence-corrected chi connectivity index (χ3v) is 4.35. The van der Waals surface area contributed by atoms with E-state index in [1.54, 1.807) is 0 Å². The molecule has 2 rings (SSSR count). The molecule has 2 aliphatic carbocycles. The summed E-state index contributed by atoms with van der Waals surface area (Å²) in [7, 11) is 0.